The first-order chi connectivity index (χ1) is 18.0. The molecule has 0 aliphatic carbocycles. The van der Waals surface area contributed by atoms with Crippen molar-refractivity contribution in [2.24, 2.45) is 0 Å². The molecule has 16 nitrogen and oxygen atoms in total. The number of H-pyrrole nitrogens is 1. The number of hydrogen-bond acceptors (Lipinski definition) is 14. The highest BCUT2D eigenvalue weighted by molar-refractivity contribution is 7.48. The maximum atomic E-state index is 15.6. The maximum Gasteiger partial charge on any atom is 0.510 e. The van der Waals surface area contributed by atoms with Gasteiger partial charge in [-0.05, 0) is 34.6 Å². The van der Waals surface area contributed by atoms with Gasteiger partial charge in [-0.1, -0.05) is 0 Å². The Kier molecular flexibility index (Phi) is 12.7. The smallest absolute Gasteiger partial charge is 0.432 e. The Bertz CT molecular complexity index is 1090. The van der Waals surface area contributed by atoms with Crippen LogP contribution < -0.4 is 11.2 Å². The number of carbonyl (C=O) groups is 2. The predicted molar refractivity (Wildman–Crippen MR) is 124 cm³/mol. The minimum atomic E-state index is -5.02. The fourth-order valence-corrected chi connectivity index (χ4v) is 3.47. The molecule has 2 N–H and O–H groups in total. The average molecular weight is 592 g/mol. The molecule has 0 aromatic carbocycles. The van der Waals surface area contributed by atoms with Crippen LogP contribution in [0, 0.1) is 0 Å². The van der Waals surface area contributed by atoms with Crippen molar-refractivity contribution in [3.63, 3.8) is 0 Å². The van der Waals surface area contributed by atoms with Crippen LogP contribution in [0.3, 0.4) is 0 Å². The average Bonchev–Trinajstić information content (AvgIpc) is 2.81. The zero-order valence-corrected chi connectivity index (χ0v) is 22.8. The fourth-order valence-electron chi connectivity index (χ4n) is 2.55. The molecule has 0 radical (unpaired) electrons. The van der Waals surface area contributed by atoms with Crippen LogP contribution in [0.5, 0.6) is 0 Å². The normalized spacial score (nSPS) is 15.8. The van der Waals surface area contributed by atoms with Crippen LogP contribution in [-0.2, 0) is 47.6 Å². The Hall–Kier alpha value is -2.89. The summed E-state index contributed by atoms with van der Waals surface area (Å²) in [5.41, 5.74) is -2.23. The number of rotatable bonds is 15. The van der Waals surface area contributed by atoms with Crippen molar-refractivity contribution in [3.8, 4) is 0 Å². The lowest BCUT2D eigenvalue weighted by atomic mass is 10.0. The molecular formula is C20H31F2N2O14P. The van der Waals surface area contributed by atoms with Gasteiger partial charge in [-0.15, -0.1) is 0 Å². The largest absolute Gasteiger partial charge is 0.510 e. The number of hydrogen-bond donors (Lipinski definition) is 2. The molecule has 0 amide bonds. The first kappa shape index (κ1) is 34.1. The quantitative estimate of drug-likeness (QED) is 0.170. The number of ether oxygens (including phenoxy) is 5. The molecular weight excluding hydrogens is 561 g/mol. The molecule has 0 unspecified atom stereocenters. The first-order valence-corrected chi connectivity index (χ1v) is 12.6. The zero-order chi connectivity index (χ0) is 30.0. The van der Waals surface area contributed by atoms with Crippen molar-refractivity contribution >= 4 is 20.1 Å². The first-order valence-electron chi connectivity index (χ1n) is 11.1. The van der Waals surface area contributed by atoms with E-state index in [2.05, 4.69) is 23.7 Å². The number of alkyl halides is 2. The second kappa shape index (κ2) is 14.5. The third-order valence-corrected chi connectivity index (χ3v) is 5.69. The number of carbonyl (C=O) groups excluding carboxylic acids is 2. The van der Waals surface area contributed by atoms with Gasteiger partial charge in [0, 0.05) is 19.4 Å². The van der Waals surface area contributed by atoms with E-state index in [1.54, 1.807) is 4.98 Å². The number of aliphatic hydroxyl groups excluding tert-OH is 1. The molecule has 0 aliphatic heterocycles. The third-order valence-electron chi connectivity index (χ3n) is 4.40. The van der Waals surface area contributed by atoms with Gasteiger partial charge in [-0.2, -0.15) is 0 Å². The minimum absolute atomic E-state index is 0.168. The Balaban J connectivity index is 3.07. The van der Waals surface area contributed by atoms with Gasteiger partial charge in [0.1, 0.15) is 6.61 Å². The molecule has 1 aromatic rings. The number of nitrogens with zero attached hydrogens (tertiary/aromatic N) is 1. The third kappa shape index (κ3) is 10.7. The van der Waals surface area contributed by atoms with Gasteiger partial charge < -0.3 is 28.8 Å². The number of aromatic nitrogens is 2. The van der Waals surface area contributed by atoms with Gasteiger partial charge in [0.25, 0.3) is 11.4 Å². The summed E-state index contributed by atoms with van der Waals surface area (Å²) < 4.78 is 81.3. The molecule has 0 saturated carbocycles. The molecule has 3 atom stereocenters. The van der Waals surface area contributed by atoms with E-state index in [0.29, 0.717) is 20.2 Å². The summed E-state index contributed by atoms with van der Waals surface area (Å²) in [5.74, 6) is -6.81. The number of aliphatic hydroxyl groups is 1. The Morgan fingerprint density at radius 2 is 1.51 bits per heavy atom. The second-order valence-corrected chi connectivity index (χ2v) is 9.90. The van der Waals surface area contributed by atoms with Crippen molar-refractivity contribution in [1.29, 1.82) is 0 Å². The van der Waals surface area contributed by atoms with E-state index in [1.807, 2.05) is 0 Å². The lowest BCUT2D eigenvalue weighted by molar-refractivity contribution is -0.256. The summed E-state index contributed by atoms with van der Waals surface area (Å²) in [6.45, 7) is 2.75. The summed E-state index contributed by atoms with van der Waals surface area (Å²) in [7, 11) is -4.34. The van der Waals surface area contributed by atoms with Crippen LogP contribution in [0.2, 0.25) is 0 Å². The van der Waals surface area contributed by atoms with Crippen LogP contribution >= 0.6 is 7.82 Å². The molecule has 0 aliphatic rings. The van der Waals surface area contributed by atoms with Gasteiger partial charge >= 0.3 is 25.8 Å². The summed E-state index contributed by atoms with van der Waals surface area (Å²) >= 11 is 0. The molecule has 0 spiro atoms. The number of aromatic amines is 1. The topological polar surface area (TPSA) is 200 Å². The highest BCUT2D eigenvalue weighted by Crippen LogP contribution is 2.51. The molecule has 1 aromatic heterocycles. The molecule has 0 bridgehead atoms. The lowest BCUT2D eigenvalue weighted by Gasteiger charge is -2.36. The number of phosphoric acid groups is 1. The van der Waals surface area contributed by atoms with Crippen LogP contribution in [0.15, 0.2) is 21.9 Å². The summed E-state index contributed by atoms with van der Waals surface area (Å²) in [5, 5.41) is 10.5. The van der Waals surface area contributed by atoms with E-state index < -0.39 is 81.5 Å². The predicted octanol–water partition coefficient (Wildman–Crippen LogP) is 2.05. The van der Waals surface area contributed by atoms with Crippen LogP contribution in [0.4, 0.5) is 18.4 Å². The number of nitrogens with one attached hydrogen (secondary N) is 1. The highest BCUT2D eigenvalue weighted by Gasteiger charge is 2.53. The molecule has 0 fully saturated rings. The SMILES string of the molecule is CO[C@](F)(COP(=O)(OCOC(=O)OC(C)C)OCOC(=O)OC(C)C)[C@@H](O)[C@@](C)(F)n1ccc(=O)[nH]c1=O. The number of halogens is 2. The fraction of sp³-hybridized carbons (Fsp3) is 0.700. The monoisotopic (exact) mass is 592 g/mol. The van der Waals surface area contributed by atoms with Crippen molar-refractivity contribution in [1.82, 2.24) is 9.55 Å². The molecule has 19 heteroatoms. The maximum absolute atomic E-state index is 15.6. The Labute approximate surface area is 220 Å². The molecule has 39 heavy (non-hydrogen) atoms. The summed E-state index contributed by atoms with van der Waals surface area (Å²) in [4.78, 5) is 48.0. The van der Waals surface area contributed by atoms with Gasteiger partial charge in [0.05, 0.1) is 12.2 Å². The van der Waals surface area contributed by atoms with Gasteiger partial charge in [0.15, 0.2) is 6.10 Å². The summed E-state index contributed by atoms with van der Waals surface area (Å²) in [6, 6.07) is 0.736. The van der Waals surface area contributed by atoms with E-state index in [1.165, 1.54) is 27.7 Å². The van der Waals surface area contributed by atoms with Crippen LogP contribution in [0.25, 0.3) is 0 Å². The highest BCUT2D eigenvalue weighted by atomic mass is 31.2. The van der Waals surface area contributed by atoms with Crippen molar-refractivity contribution in [2.45, 2.75) is 64.6 Å². The van der Waals surface area contributed by atoms with Crippen molar-refractivity contribution < 1.29 is 65.3 Å². The lowest BCUT2D eigenvalue weighted by Crippen LogP contribution is -2.57. The van der Waals surface area contributed by atoms with E-state index in [4.69, 9.17) is 13.6 Å². The van der Waals surface area contributed by atoms with Gasteiger partial charge in [0.2, 0.25) is 19.4 Å². The van der Waals surface area contributed by atoms with Crippen LogP contribution in [-0.4, -0.2) is 78.4 Å². The standard InChI is InChI=1S/C20H31F2N2O14P/c1-12(2)37-17(28)32-10-35-39(30,36-11-33-18(29)38-13(3)4)34-9-20(22,31-6)15(26)19(5,21)24-8-7-14(25)23-16(24)27/h7-8,12-13,15,26H,9-11H2,1-6H3,(H,23,25,27)/t15-,19-,20+/m0/s1. The Morgan fingerprint density at radius 1 is 1.03 bits per heavy atom. The molecule has 224 valence electrons. The van der Waals surface area contributed by atoms with E-state index in [9.17, 15) is 28.8 Å². The van der Waals surface area contributed by atoms with E-state index in [-0.39, 0.29) is 4.57 Å². The van der Waals surface area contributed by atoms with Gasteiger partial charge in [-0.3, -0.25) is 18.9 Å². The van der Waals surface area contributed by atoms with Crippen molar-refractivity contribution in [2.75, 3.05) is 27.3 Å². The van der Waals surface area contributed by atoms with Gasteiger partial charge in [-0.25, -0.2) is 36.8 Å². The molecule has 0 saturated heterocycles. The second-order valence-electron chi connectivity index (χ2n) is 8.23. The van der Waals surface area contributed by atoms with E-state index in [0.717, 1.165) is 6.07 Å². The molecule has 1 heterocycles. The van der Waals surface area contributed by atoms with E-state index >= 15 is 8.78 Å². The summed E-state index contributed by atoms with van der Waals surface area (Å²) in [6.07, 6.45) is -5.88. The number of phosphoric ester groups is 1. The molecule has 1 rings (SSSR count). The van der Waals surface area contributed by atoms with Crippen molar-refractivity contribution in [3.05, 3.63) is 33.1 Å². The Morgan fingerprint density at radius 3 is 1.92 bits per heavy atom. The zero-order valence-electron chi connectivity index (χ0n) is 21.9. The van der Waals surface area contributed by atoms with Crippen LogP contribution in [0.1, 0.15) is 34.6 Å². The number of methoxy groups -OCH3 is 1. The minimum Gasteiger partial charge on any atom is -0.432 e.